The summed E-state index contributed by atoms with van der Waals surface area (Å²) in [6.07, 6.45) is 2.33. The highest BCUT2D eigenvalue weighted by molar-refractivity contribution is 8.01. The molecule has 0 spiro atoms. The lowest BCUT2D eigenvalue weighted by Gasteiger charge is -2.30. The van der Waals surface area contributed by atoms with Crippen LogP contribution in [0, 0.1) is 5.92 Å². The van der Waals surface area contributed by atoms with Gasteiger partial charge in [0.25, 0.3) is 0 Å². The molecule has 5 nitrogen and oxygen atoms in total. The summed E-state index contributed by atoms with van der Waals surface area (Å²) < 4.78 is 0.824. The molecular weight excluding hydrogens is 364 g/mol. The maximum Gasteiger partial charge on any atom is 0.233 e. The van der Waals surface area contributed by atoms with E-state index in [0.717, 1.165) is 34.7 Å². The molecule has 1 unspecified atom stereocenters. The average Bonchev–Trinajstić information content (AvgIpc) is 3.07. The Morgan fingerprint density at radius 3 is 2.81 bits per heavy atom. The number of carbonyl (C=O) groups is 1. The van der Waals surface area contributed by atoms with Gasteiger partial charge in [-0.05, 0) is 42.4 Å². The van der Waals surface area contributed by atoms with Crippen molar-refractivity contribution in [2.75, 3.05) is 24.2 Å². The van der Waals surface area contributed by atoms with E-state index in [0.29, 0.717) is 17.6 Å². The van der Waals surface area contributed by atoms with Gasteiger partial charge < -0.3 is 10.2 Å². The van der Waals surface area contributed by atoms with Crippen LogP contribution in [0.2, 0.25) is 0 Å². The van der Waals surface area contributed by atoms with Gasteiger partial charge in [-0.3, -0.25) is 4.79 Å². The third kappa shape index (κ3) is 5.20. The number of benzene rings is 1. The van der Waals surface area contributed by atoms with E-state index in [4.69, 9.17) is 0 Å². The highest BCUT2D eigenvalue weighted by atomic mass is 32.2. The molecular formula is C19H26N4OS2. The van der Waals surface area contributed by atoms with E-state index in [1.807, 2.05) is 4.90 Å². The van der Waals surface area contributed by atoms with Crippen molar-refractivity contribution in [3.63, 3.8) is 0 Å². The number of hydrogen-bond acceptors (Lipinski definition) is 6. The van der Waals surface area contributed by atoms with E-state index in [1.165, 1.54) is 35.1 Å². The van der Waals surface area contributed by atoms with Crippen molar-refractivity contribution in [2.45, 2.75) is 43.9 Å². The van der Waals surface area contributed by atoms with Gasteiger partial charge in [0, 0.05) is 18.8 Å². The first-order chi connectivity index (χ1) is 12.5. The highest BCUT2D eigenvalue weighted by Gasteiger charge is 2.21. The Hall–Kier alpha value is -1.60. The van der Waals surface area contributed by atoms with Crippen LogP contribution in [-0.4, -0.2) is 39.8 Å². The van der Waals surface area contributed by atoms with E-state index in [-0.39, 0.29) is 5.91 Å². The summed E-state index contributed by atoms with van der Waals surface area (Å²) in [5, 5.41) is 12.4. The number of carbonyl (C=O) groups excluding carboxylic acids is 1. The molecule has 1 aliphatic rings. The van der Waals surface area contributed by atoms with Gasteiger partial charge in [0.1, 0.15) is 0 Å². The van der Waals surface area contributed by atoms with Gasteiger partial charge in [0.05, 0.1) is 5.75 Å². The van der Waals surface area contributed by atoms with Crippen LogP contribution in [0.25, 0.3) is 0 Å². The first-order valence-electron chi connectivity index (χ1n) is 9.12. The summed E-state index contributed by atoms with van der Waals surface area (Å²) in [7, 11) is 0. The summed E-state index contributed by atoms with van der Waals surface area (Å²) in [5.74, 6) is 1.77. The molecule has 0 bridgehead atoms. The van der Waals surface area contributed by atoms with Crippen LogP contribution in [0.4, 0.5) is 10.8 Å². The number of amides is 1. The molecule has 1 saturated heterocycles. The number of nitrogens with one attached hydrogen (secondary N) is 1. The number of nitrogens with zero attached hydrogens (tertiary/aromatic N) is 3. The number of hydrogen-bond donors (Lipinski definition) is 1. The molecule has 140 valence electrons. The van der Waals surface area contributed by atoms with Gasteiger partial charge in [-0.1, -0.05) is 56.0 Å². The lowest BCUT2D eigenvalue weighted by atomic mass is 10.0. The van der Waals surface area contributed by atoms with E-state index in [2.05, 4.69) is 60.6 Å². The molecule has 1 N–H and O–H groups in total. The predicted molar refractivity (Wildman–Crippen MR) is 109 cm³/mol. The van der Waals surface area contributed by atoms with E-state index >= 15 is 0 Å². The van der Waals surface area contributed by atoms with Crippen LogP contribution >= 0.6 is 23.1 Å². The van der Waals surface area contributed by atoms with E-state index in [1.54, 1.807) is 0 Å². The highest BCUT2D eigenvalue weighted by Crippen LogP contribution is 2.29. The molecule has 0 radical (unpaired) electrons. The second-order valence-corrected chi connectivity index (χ2v) is 9.35. The molecule has 3 rings (SSSR count). The van der Waals surface area contributed by atoms with E-state index < -0.39 is 0 Å². The fraction of sp³-hybridized carbons (Fsp3) is 0.526. The molecule has 2 heterocycles. The largest absolute Gasteiger partial charge is 0.342 e. The predicted octanol–water partition coefficient (Wildman–Crippen LogP) is 4.76. The second-order valence-electron chi connectivity index (χ2n) is 7.15. The zero-order chi connectivity index (χ0) is 18.5. The van der Waals surface area contributed by atoms with Gasteiger partial charge in [-0.15, -0.1) is 10.2 Å². The summed E-state index contributed by atoms with van der Waals surface area (Å²) in [5.41, 5.74) is 2.31. The second kappa shape index (κ2) is 8.86. The third-order valence-electron chi connectivity index (χ3n) is 4.56. The van der Waals surface area contributed by atoms with Crippen molar-refractivity contribution >= 4 is 39.8 Å². The first kappa shape index (κ1) is 19.2. The van der Waals surface area contributed by atoms with E-state index in [9.17, 15) is 4.79 Å². The number of piperidine rings is 1. The summed E-state index contributed by atoms with van der Waals surface area (Å²) >= 11 is 2.96. The SMILES string of the molecule is CC1CCCN(C(=O)CSc2nnc(Nc3ccc(C(C)C)cc3)s2)C1. The molecule has 2 aromatic rings. The Balaban J connectivity index is 1.50. The minimum atomic E-state index is 0.204. The van der Waals surface area contributed by atoms with Crippen molar-refractivity contribution in [2.24, 2.45) is 5.92 Å². The van der Waals surface area contributed by atoms with Gasteiger partial charge in [-0.25, -0.2) is 0 Å². The number of aromatic nitrogens is 2. The average molecular weight is 391 g/mol. The molecule has 1 aromatic heterocycles. The number of thioether (sulfide) groups is 1. The monoisotopic (exact) mass is 390 g/mol. The van der Waals surface area contributed by atoms with Crippen molar-refractivity contribution in [1.82, 2.24) is 15.1 Å². The quantitative estimate of drug-likeness (QED) is 0.721. The smallest absolute Gasteiger partial charge is 0.233 e. The molecule has 1 aromatic carbocycles. The number of likely N-dealkylation sites (tertiary alicyclic amines) is 1. The molecule has 1 atom stereocenters. The Kier molecular flexibility index (Phi) is 6.53. The van der Waals surface area contributed by atoms with Crippen LogP contribution < -0.4 is 5.32 Å². The Morgan fingerprint density at radius 2 is 2.12 bits per heavy atom. The summed E-state index contributed by atoms with van der Waals surface area (Å²) in [6.45, 7) is 8.35. The fourth-order valence-corrected chi connectivity index (χ4v) is 4.70. The first-order valence-corrected chi connectivity index (χ1v) is 10.9. The van der Waals surface area contributed by atoms with Crippen LogP contribution in [0.15, 0.2) is 28.6 Å². The number of anilines is 2. The van der Waals surface area contributed by atoms with Crippen LogP contribution in [-0.2, 0) is 4.79 Å². The molecule has 7 heteroatoms. The Bertz CT molecular complexity index is 729. The molecule has 0 saturated carbocycles. The standard InChI is InChI=1S/C19H26N4OS2/c1-13(2)15-6-8-16(9-7-15)20-18-21-22-19(26-18)25-12-17(24)23-10-4-5-14(3)11-23/h6-9,13-14H,4-5,10-12H2,1-3H3,(H,20,21). The van der Waals surface area contributed by atoms with Gasteiger partial charge in [-0.2, -0.15) is 0 Å². The minimum absolute atomic E-state index is 0.204. The van der Waals surface area contributed by atoms with Gasteiger partial charge in [0.2, 0.25) is 11.0 Å². The Labute approximate surface area is 163 Å². The van der Waals surface area contributed by atoms with Crippen molar-refractivity contribution in [3.8, 4) is 0 Å². The molecule has 1 fully saturated rings. The fourth-order valence-electron chi connectivity index (χ4n) is 3.02. The third-order valence-corrected chi connectivity index (χ3v) is 6.52. The molecule has 0 aliphatic carbocycles. The molecule has 26 heavy (non-hydrogen) atoms. The zero-order valence-electron chi connectivity index (χ0n) is 15.6. The number of rotatable bonds is 6. The van der Waals surface area contributed by atoms with Crippen molar-refractivity contribution < 1.29 is 4.79 Å². The van der Waals surface area contributed by atoms with Crippen LogP contribution in [0.5, 0.6) is 0 Å². The minimum Gasteiger partial charge on any atom is -0.342 e. The summed E-state index contributed by atoms with van der Waals surface area (Å²) in [4.78, 5) is 14.3. The van der Waals surface area contributed by atoms with Crippen molar-refractivity contribution in [3.05, 3.63) is 29.8 Å². The molecule has 1 aliphatic heterocycles. The lowest BCUT2D eigenvalue weighted by molar-refractivity contribution is -0.130. The zero-order valence-corrected chi connectivity index (χ0v) is 17.2. The Morgan fingerprint density at radius 1 is 1.35 bits per heavy atom. The summed E-state index contributed by atoms with van der Waals surface area (Å²) in [6, 6.07) is 8.37. The van der Waals surface area contributed by atoms with Crippen LogP contribution in [0.1, 0.15) is 45.1 Å². The van der Waals surface area contributed by atoms with Gasteiger partial charge in [0.15, 0.2) is 4.34 Å². The molecule has 1 amide bonds. The lowest BCUT2D eigenvalue weighted by Crippen LogP contribution is -2.40. The maximum atomic E-state index is 12.3. The van der Waals surface area contributed by atoms with Crippen LogP contribution in [0.3, 0.4) is 0 Å². The maximum absolute atomic E-state index is 12.3. The van der Waals surface area contributed by atoms with Crippen molar-refractivity contribution in [1.29, 1.82) is 0 Å². The normalized spacial score (nSPS) is 17.5. The topological polar surface area (TPSA) is 58.1 Å². The van der Waals surface area contributed by atoms with Gasteiger partial charge >= 0.3 is 0 Å².